The van der Waals surface area contributed by atoms with Crippen LogP contribution in [-0.4, -0.2) is 21.5 Å². The average Bonchev–Trinajstić information content (AvgIpc) is 2.88. The van der Waals surface area contributed by atoms with Gasteiger partial charge in [-0.15, -0.1) is 0 Å². The number of alkyl halides is 3. The molecule has 102 valence electrons. The van der Waals surface area contributed by atoms with E-state index in [0.717, 1.165) is 12.3 Å². The maximum absolute atomic E-state index is 13.0. The van der Waals surface area contributed by atoms with Gasteiger partial charge in [-0.3, -0.25) is 4.98 Å². The fourth-order valence-electron chi connectivity index (χ4n) is 1.89. The lowest BCUT2D eigenvalue weighted by Gasteiger charge is -2.20. The fourth-order valence-corrected chi connectivity index (χ4v) is 1.89. The van der Waals surface area contributed by atoms with Gasteiger partial charge in [0.2, 0.25) is 0 Å². The molecule has 2 aromatic heterocycles. The first-order chi connectivity index (χ1) is 9.04. The number of aromatic amines is 1. The van der Waals surface area contributed by atoms with E-state index in [1.54, 1.807) is 6.20 Å². The molecule has 0 aliphatic rings. The van der Waals surface area contributed by atoms with E-state index in [4.69, 9.17) is 0 Å². The van der Waals surface area contributed by atoms with Crippen molar-refractivity contribution in [3.8, 4) is 0 Å². The smallest absolute Gasteiger partial charge is 0.347 e. The second-order valence-corrected chi connectivity index (χ2v) is 3.93. The van der Waals surface area contributed by atoms with Crippen LogP contribution in [0.5, 0.6) is 0 Å². The predicted octanol–water partition coefficient (Wildman–Crippen LogP) is 2.52. The third-order valence-electron chi connectivity index (χ3n) is 2.67. The molecule has 2 aromatic rings. The van der Waals surface area contributed by atoms with Crippen molar-refractivity contribution in [2.24, 2.45) is 0 Å². The third kappa shape index (κ3) is 2.93. The Kier molecular flexibility index (Phi) is 3.84. The predicted molar refractivity (Wildman–Crippen MR) is 63.3 cm³/mol. The Morgan fingerprint density at radius 1 is 1.37 bits per heavy atom. The van der Waals surface area contributed by atoms with E-state index in [-0.39, 0.29) is 5.56 Å². The van der Waals surface area contributed by atoms with Crippen molar-refractivity contribution in [1.29, 1.82) is 0 Å². The zero-order chi connectivity index (χ0) is 13.9. The molecule has 4 nitrogen and oxygen atoms in total. The normalized spacial score (nSPS) is 13.5. The number of halogens is 3. The van der Waals surface area contributed by atoms with Gasteiger partial charge in [0.15, 0.2) is 0 Å². The van der Waals surface area contributed by atoms with E-state index in [9.17, 15) is 13.2 Å². The quantitative estimate of drug-likeness (QED) is 0.897. The maximum Gasteiger partial charge on any atom is 0.416 e. The number of hydrogen-bond acceptors (Lipinski definition) is 3. The minimum atomic E-state index is -4.42. The molecule has 0 saturated heterocycles. The topological polar surface area (TPSA) is 53.6 Å². The first kappa shape index (κ1) is 13.5. The summed E-state index contributed by atoms with van der Waals surface area (Å²) in [5, 5.41) is 2.98. The Hall–Kier alpha value is -1.89. The van der Waals surface area contributed by atoms with Crippen molar-refractivity contribution in [2.75, 3.05) is 6.54 Å². The molecule has 0 saturated carbocycles. The minimum absolute atomic E-state index is 0.0619. The number of nitrogens with zero attached hydrogens (tertiary/aromatic N) is 2. The lowest BCUT2D eigenvalue weighted by Crippen LogP contribution is -2.26. The molecule has 2 rings (SSSR count). The zero-order valence-corrected chi connectivity index (χ0v) is 10.2. The molecule has 0 spiro atoms. The number of hydrogen-bond donors (Lipinski definition) is 2. The molecular weight excluding hydrogens is 257 g/mol. The zero-order valence-electron chi connectivity index (χ0n) is 10.2. The average molecular weight is 270 g/mol. The van der Waals surface area contributed by atoms with Gasteiger partial charge >= 0.3 is 6.18 Å². The molecule has 7 heteroatoms. The minimum Gasteiger partial charge on any atom is -0.347 e. The summed E-state index contributed by atoms with van der Waals surface area (Å²) in [6, 6.07) is 0.313. The van der Waals surface area contributed by atoms with E-state index in [2.05, 4.69) is 20.3 Å². The number of aromatic nitrogens is 3. The third-order valence-corrected chi connectivity index (χ3v) is 2.67. The monoisotopic (exact) mass is 270 g/mol. The second-order valence-electron chi connectivity index (χ2n) is 3.93. The van der Waals surface area contributed by atoms with Gasteiger partial charge in [-0.1, -0.05) is 6.92 Å². The van der Waals surface area contributed by atoms with Crippen molar-refractivity contribution >= 4 is 0 Å². The molecule has 0 radical (unpaired) electrons. The first-order valence-electron chi connectivity index (χ1n) is 5.77. The standard InChI is InChI=1S/C12H13F3N4/c1-2-17-10(11-18-5-6-19-11)8-7-16-4-3-9(8)12(13,14)15/h3-7,10,17H,2H2,1H3,(H,18,19). The van der Waals surface area contributed by atoms with Gasteiger partial charge in [-0.05, 0) is 12.6 Å². The molecule has 19 heavy (non-hydrogen) atoms. The van der Waals surface area contributed by atoms with Crippen LogP contribution in [-0.2, 0) is 6.18 Å². The lowest BCUT2D eigenvalue weighted by molar-refractivity contribution is -0.138. The Balaban J connectivity index is 2.48. The number of rotatable bonds is 4. The molecule has 0 amide bonds. The molecule has 2 N–H and O–H groups in total. The molecule has 1 atom stereocenters. The lowest BCUT2D eigenvalue weighted by atomic mass is 10.0. The highest BCUT2D eigenvalue weighted by atomic mass is 19.4. The molecule has 2 heterocycles. The molecule has 1 unspecified atom stereocenters. The van der Waals surface area contributed by atoms with Crippen molar-refractivity contribution in [2.45, 2.75) is 19.1 Å². The van der Waals surface area contributed by atoms with Crippen LogP contribution >= 0.6 is 0 Å². The summed E-state index contributed by atoms with van der Waals surface area (Å²) in [6.45, 7) is 2.33. The summed E-state index contributed by atoms with van der Waals surface area (Å²) in [5.74, 6) is 0.431. The van der Waals surface area contributed by atoms with Gasteiger partial charge in [0, 0.05) is 30.4 Å². The SMILES string of the molecule is CCNC(c1ncc[nH]1)c1cnccc1C(F)(F)F. The van der Waals surface area contributed by atoms with Crippen LogP contribution in [0.2, 0.25) is 0 Å². The van der Waals surface area contributed by atoms with Crippen LogP contribution in [0.4, 0.5) is 13.2 Å². The van der Waals surface area contributed by atoms with Crippen LogP contribution in [0.3, 0.4) is 0 Å². The summed E-state index contributed by atoms with van der Waals surface area (Å²) in [6.07, 6.45) is 1.02. The Labute approximate surface area is 108 Å². The molecule has 0 bridgehead atoms. The number of nitrogens with one attached hydrogen (secondary N) is 2. The fraction of sp³-hybridized carbons (Fsp3) is 0.333. The number of H-pyrrole nitrogens is 1. The van der Waals surface area contributed by atoms with E-state index in [1.807, 2.05) is 6.92 Å². The van der Waals surface area contributed by atoms with Crippen LogP contribution in [0, 0.1) is 0 Å². The van der Waals surface area contributed by atoms with Gasteiger partial charge in [0.1, 0.15) is 5.82 Å². The van der Waals surface area contributed by atoms with Crippen LogP contribution < -0.4 is 5.32 Å². The second kappa shape index (κ2) is 5.40. The highest BCUT2D eigenvalue weighted by Gasteiger charge is 2.36. The molecule has 0 aromatic carbocycles. The van der Waals surface area contributed by atoms with Crippen molar-refractivity contribution in [3.63, 3.8) is 0 Å². The maximum atomic E-state index is 13.0. The Morgan fingerprint density at radius 2 is 2.16 bits per heavy atom. The summed E-state index contributed by atoms with van der Waals surface area (Å²) in [5.41, 5.74) is -0.642. The Bertz CT molecular complexity index is 522. The van der Waals surface area contributed by atoms with Gasteiger partial charge in [0.25, 0.3) is 0 Å². The number of pyridine rings is 1. The van der Waals surface area contributed by atoms with Crippen molar-refractivity contribution < 1.29 is 13.2 Å². The van der Waals surface area contributed by atoms with E-state index in [0.29, 0.717) is 12.4 Å². The van der Waals surface area contributed by atoms with Gasteiger partial charge < -0.3 is 10.3 Å². The molecule has 0 aliphatic carbocycles. The van der Waals surface area contributed by atoms with Crippen LogP contribution in [0.15, 0.2) is 30.9 Å². The van der Waals surface area contributed by atoms with Crippen molar-refractivity contribution in [3.05, 3.63) is 47.8 Å². The summed E-state index contributed by atoms with van der Waals surface area (Å²) < 4.78 is 39.0. The van der Waals surface area contributed by atoms with Crippen LogP contribution in [0.1, 0.15) is 29.9 Å². The molecule has 0 aliphatic heterocycles. The molecular formula is C12H13F3N4. The van der Waals surface area contributed by atoms with Crippen LogP contribution in [0.25, 0.3) is 0 Å². The Morgan fingerprint density at radius 3 is 2.74 bits per heavy atom. The highest BCUT2D eigenvalue weighted by molar-refractivity contribution is 5.33. The molecule has 0 fully saturated rings. The van der Waals surface area contributed by atoms with E-state index in [1.165, 1.54) is 12.4 Å². The van der Waals surface area contributed by atoms with E-state index < -0.39 is 17.8 Å². The van der Waals surface area contributed by atoms with E-state index >= 15 is 0 Å². The van der Waals surface area contributed by atoms with Crippen molar-refractivity contribution in [1.82, 2.24) is 20.3 Å². The first-order valence-corrected chi connectivity index (χ1v) is 5.77. The summed E-state index contributed by atoms with van der Waals surface area (Å²) in [7, 11) is 0. The van der Waals surface area contributed by atoms with Gasteiger partial charge in [0.05, 0.1) is 11.6 Å². The highest BCUT2D eigenvalue weighted by Crippen LogP contribution is 2.35. The van der Waals surface area contributed by atoms with Gasteiger partial charge in [-0.25, -0.2) is 4.98 Å². The summed E-state index contributed by atoms with van der Waals surface area (Å²) >= 11 is 0. The number of imidazole rings is 1. The van der Waals surface area contributed by atoms with Gasteiger partial charge in [-0.2, -0.15) is 13.2 Å². The summed E-state index contributed by atoms with van der Waals surface area (Å²) in [4.78, 5) is 10.6. The largest absolute Gasteiger partial charge is 0.416 e.